The summed E-state index contributed by atoms with van der Waals surface area (Å²) >= 11 is 0. The van der Waals surface area contributed by atoms with Crippen LogP contribution in [-0.4, -0.2) is 53.4 Å². The van der Waals surface area contributed by atoms with Crippen LogP contribution in [0.3, 0.4) is 0 Å². The summed E-state index contributed by atoms with van der Waals surface area (Å²) in [4.78, 5) is 43.8. The van der Waals surface area contributed by atoms with E-state index in [1.165, 1.54) is 20.4 Å². The normalized spacial score (nSPS) is 6.03. The first-order valence-corrected chi connectivity index (χ1v) is 6.59. The lowest BCUT2D eigenvalue weighted by atomic mass is 10.3. The topological polar surface area (TPSA) is 225 Å². The molecule has 2 aromatic heterocycles. The number of ether oxygens (including phenoxy) is 2. The van der Waals surface area contributed by atoms with Crippen LogP contribution in [0.5, 0.6) is 0 Å². The van der Waals surface area contributed by atoms with Crippen LogP contribution in [0.25, 0.3) is 0 Å². The maximum Gasteiger partial charge on any atom is 0.507 e. The molecule has 0 bridgehead atoms. The van der Waals surface area contributed by atoms with Crippen molar-refractivity contribution < 1.29 is 39.6 Å². The molecule has 2 rings (SSSR count). The number of nitrogens with zero attached hydrogens (tertiary/aromatic N) is 3. The summed E-state index contributed by atoms with van der Waals surface area (Å²) in [6, 6.07) is 12.2. The Morgan fingerprint density at radius 1 is 0.875 bits per heavy atom. The van der Waals surface area contributed by atoms with Crippen molar-refractivity contribution in [3.8, 4) is 6.07 Å². The molecule has 2 aromatic rings. The average molecular weight is 461 g/mol. The summed E-state index contributed by atoms with van der Waals surface area (Å²) in [7, 11) is 2.51. The number of amides is 1. The van der Waals surface area contributed by atoms with Gasteiger partial charge in [0.25, 0.3) is 5.91 Å². The Kier molecular flexibility index (Phi) is 59.8. The molecule has 12 heteroatoms. The molecule has 0 aliphatic heterocycles. The van der Waals surface area contributed by atoms with Crippen LogP contribution >= 0.6 is 0 Å². The zero-order chi connectivity index (χ0) is 20.2. The highest BCUT2D eigenvalue weighted by Gasteiger charge is 1.96. The molecule has 12 nitrogen and oxygen atoms in total. The second kappa shape index (κ2) is 37.6. The monoisotopic (exact) mass is 460 g/mol. The highest BCUT2D eigenvalue weighted by molar-refractivity contribution is 5.90. The van der Waals surface area contributed by atoms with E-state index in [9.17, 15) is 9.59 Å². The van der Waals surface area contributed by atoms with Crippen LogP contribution in [-0.2, 0) is 19.1 Å². The Morgan fingerprint density at radius 2 is 1.28 bits per heavy atom. The molecule has 0 aliphatic carbocycles. The Balaban J connectivity index is -0.0000000394. The Labute approximate surface area is 189 Å². The fourth-order valence-electron chi connectivity index (χ4n) is 1.02. The molecule has 0 aromatic carbocycles. The number of hydrogen-bond donors (Lipinski definition) is 1. The maximum atomic E-state index is 10.4. The van der Waals surface area contributed by atoms with Gasteiger partial charge in [0, 0.05) is 12.4 Å². The number of carbonyl (C=O) groups excluding carboxylic acids is 4. The van der Waals surface area contributed by atoms with Gasteiger partial charge in [-0.1, -0.05) is 41.8 Å². The molecule has 0 aliphatic rings. The van der Waals surface area contributed by atoms with Crippen LogP contribution in [0.15, 0.2) is 48.8 Å². The van der Waals surface area contributed by atoms with Gasteiger partial charge in [-0.15, -0.1) is 0 Å². The number of hydrogen-bond acceptors (Lipinski definition) is 9. The smallest absolute Gasteiger partial charge is 0.438 e. The van der Waals surface area contributed by atoms with E-state index in [0.717, 1.165) is 0 Å². The van der Waals surface area contributed by atoms with Gasteiger partial charge in [-0.25, -0.2) is 9.78 Å². The fraction of sp³-hybridized carbons (Fsp3) is 0.300. The zero-order valence-electron chi connectivity index (χ0n) is 15.0. The van der Waals surface area contributed by atoms with Crippen molar-refractivity contribution in [3.05, 3.63) is 60.2 Å². The summed E-state index contributed by atoms with van der Waals surface area (Å²) in [5.74, 6) is -0.490. The maximum absolute atomic E-state index is 10.4. The van der Waals surface area contributed by atoms with E-state index >= 15 is 0 Å². The van der Waals surface area contributed by atoms with Gasteiger partial charge in [0.2, 0.25) is 0 Å². The molecule has 0 radical (unpaired) electrons. The second-order valence-corrected chi connectivity index (χ2v) is 3.65. The minimum absolute atomic E-state index is 0. The molecule has 0 fully saturated rings. The molecule has 0 saturated heterocycles. The minimum atomic E-state index is -0.657. The summed E-state index contributed by atoms with van der Waals surface area (Å²) in [6.45, 7) is 0. The van der Waals surface area contributed by atoms with Crippen molar-refractivity contribution in [1.82, 2.24) is 9.97 Å². The number of primary amides is 1. The van der Waals surface area contributed by atoms with Crippen molar-refractivity contribution in [2.45, 2.75) is 29.7 Å². The molecule has 2 heterocycles. The number of rotatable bonds is 1. The van der Waals surface area contributed by atoms with Crippen molar-refractivity contribution in [2.24, 2.45) is 5.73 Å². The molecular formula is C20H36N4O8. The molecule has 32 heavy (non-hydrogen) atoms. The number of methoxy groups -OCH3 is 2. The first-order valence-electron chi connectivity index (χ1n) is 6.59. The first-order chi connectivity index (χ1) is 12.5. The molecule has 0 saturated carbocycles. The van der Waals surface area contributed by atoms with E-state index in [2.05, 4.69) is 19.4 Å². The predicted octanol–water partition coefficient (Wildman–Crippen LogP) is 1.84. The third-order valence-electron chi connectivity index (χ3n) is 2.03. The van der Waals surface area contributed by atoms with Gasteiger partial charge in [0.1, 0.15) is 17.5 Å². The molecular weight excluding hydrogens is 424 g/mol. The van der Waals surface area contributed by atoms with Crippen LogP contribution in [0.2, 0.25) is 0 Å². The average Bonchev–Trinajstić information content (AvgIpc) is 2.70. The van der Waals surface area contributed by atoms with E-state index in [0.29, 0.717) is 11.4 Å². The van der Waals surface area contributed by atoms with E-state index in [4.69, 9.17) is 20.6 Å². The van der Waals surface area contributed by atoms with Crippen LogP contribution in [0, 0.1) is 11.3 Å². The SMILES string of the molecule is C.C.C.C.COC(=O)OC.N#Cc1ccccn1.NC(=O)c1ccccn1.O.O.O=C=O. The summed E-state index contributed by atoms with van der Waals surface area (Å²) < 4.78 is 8.08. The van der Waals surface area contributed by atoms with Crippen LogP contribution in [0.4, 0.5) is 4.79 Å². The lowest BCUT2D eigenvalue weighted by Gasteiger charge is -1.89. The molecule has 6 N–H and O–H groups in total. The zero-order valence-corrected chi connectivity index (χ0v) is 15.0. The quantitative estimate of drug-likeness (QED) is 0.611. The number of aromatic nitrogens is 2. The van der Waals surface area contributed by atoms with Gasteiger partial charge in [0.05, 0.1) is 14.2 Å². The standard InChI is InChI=1S/C6H6N2O.C6H4N2.C3H6O3.CO2.4CH4.2H2O/c7-6(9)5-3-1-2-4-8-5;7-5-6-3-1-2-4-8-6;1-5-3(4)6-2;2-1-3;;;;;;/h1-4H,(H2,7,9);1-4H;1-2H3;;4*1H4;2*1H2. The van der Waals surface area contributed by atoms with E-state index in [1.54, 1.807) is 42.6 Å². The van der Waals surface area contributed by atoms with Gasteiger partial charge >= 0.3 is 12.3 Å². The summed E-state index contributed by atoms with van der Waals surface area (Å²) in [5, 5.41) is 8.23. The second-order valence-electron chi connectivity index (χ2n) is 3.65. The Morgan fingerprint density at radius 3 is 1.44 bits per heavy atom. The first kappa shape index (κ1) is 50.9. The van der Waals surface area contributed by atoms with E-state index in [1.807, 2.05) is 6.07 Å². The van der Waals surface area contributed by atoms with Crippen molar-refractivity contribution in [3.63, 3.8) is 0 Å². The number of carbonyl (C=O) groups is 2. The van der Waals surface area contributed by atoms with E-state index in [-0.39, 0.29) is 46.8 Å². The molecule has 0 spiro atoms. The van der Waals surface area contributed by atoms with Crippen LogP contribution in [0.1, 0.15) is 45.9 Å². The van der Waals surface area contributed by atoms with E-state index < -0.39 is 12.1 Å². The van der Waals surface area contributed by atoms with Gasteiger partial charge in [0.15, 0.2) is 0 Å². The number of pyridine rings is 2. The van der Waals surface area contributed by atoms with Gasteiger partial charge < -0.3 is 26.2 Å². The Bertz CT molecular complexity index is 711. The largest absolute Gasteiger partial charge is 0.507 e. The number of nitrogens with two attached hydrogens (primary N) is 1. The minimum Gasteiger partial charge on any atom is -0.438 e. The van der Waals surface area contributed by atoms with Crippen molar-refractivity contribution in [2.75, 3.05) is 14.2 Å². The molecule has 184 valence electrons. The highest BCUT2D eigenvalue weighted by atomic mass is 16.7. The van der Waals surface area contributed by atoms with Gasteiger partial charge in [-0.2, -0.15) is 14.9 Å². The predicted molar refractivity (Wildman–Crippen MR) is 120 cm³/mol. The van der Waals surface area contributed by atoms with Crippen molar-refractivity contribution >= 4 is 18.2 Å². The Hall–Kier alpha value is -4.17. The van der Waals surface area contributed by atoms with Gasteiger partial charge in [-0.05, 0) is 24.3 Å². The fourth-order valence-corrected chi connectivity index (χ4v) is 1.02. The summed E-state index contributed by atoms with van der Waals surface area (Å²) in [6.07, 6.45) is 2.72. The van der Waals surface area contributed by atoms with Crippen molar-refractivity contribution in [1.29, 1.82) is 5.26 Å². The molecule has 0 unspecified atom stereocenters. The molecule has 1 amide bonds. The van der Waals surface area contributed by atoms with Gasteiger partial charge in [-0.3, -0.25) is 9.78 Å². The third kappa shape index (κ3) is 33.4. The molecule has 0 atom stereocenters. The summed E-state index contributed by atoms with van der Waals surface area (Å²) in [5.41, 5.74) is 5.68. The highest BCUT2D eigenvalue weighted by Crippen LogP contribution is 1.89. The lowest BCUT2D eigenvalue weighted by molar-refractivity contribution is -0.191. The number of nitriles is 1. The lowest BCUT2D eigenvalue weighted by Crippen LogP contribution is -2.12. The third-order valence-corrected chi connectivity index (χ3v) is 2.03. The van der Waals surface area contributed by atoms with Crippen LogP contribution < -0.4 is 5.73 Å².